The summed E-state index contributed by atoms with van der Waals surface area (Å²) in [6.45, 7) is 17.1. The van der Waals surface area contributed by atoms with Gasteiger partial charge in [-0.1, -0.05) is 34.9 Å². The fourth-order valence-corrected chi connectivity index (χ4v) is 4.43. The Hall–Kier alpha value is -1.96. The summed E-state index contributed by atoms with van der Waals surface area (Å²) in [5.41, 5.74) is 8.45. The molecule has 2 rings (SSSR count). The molecule has 2 nitrogen and oxygen atoms in total. The van der Waals surface area contributed by atoms with Crippen molar-refractivity contribution in [3.63, 3.8) is 0 Å². The average Bonchev–Trinajstić information content (AvgIpc) is 2.70. The van der Waals surface area contributed by atoms with Gasteiger partial charge in [-0.3, -0.25) is 0 Å². The average molecular weight is 425 g/mol. The summed E-state index contributed by atoms with van der Waals surface area (Å²) in [7, 11) is 0. The third-order valence-corrected chi connectivity index (χ3v) is 6.88. The first-order valence-electron chi connectivity index (χ1n) is 12.0. The standard InChI is InChI=1S/C29H44O2/c1-20(2)12-9-13-21(3)14-10-15-22(4)16-11-18-29(8)19-17-26-25(7)27(30)23(5)24(6)28(26)31-29/h12,14,16,30H,9-11,13,15,17-19H2,1-8H3/b21-14+,22-16?/t29-/m1/s1. The Morgan fingerprint density at radius 1 is 0.871 bits per heavy atom. The molecule has 1 atom stereocenters. The van der Waals surface area contributed by atoms with Crippen molar-refractivity contribution in [1.82, 2.24) is 0 Å². The smallest absolute Gasteiger partial charge is 0.127 e. The van der Waals surface area contributed by atoms with Gasteiger partial charge in [0.1, 0.15) is 17.1 Å². The zero-order valence-corrected chi connectivity index (χ0v) is 21.2. The number of benzene rings is 1. The van der Waals surface area contributed by atoms with Crippen LogP contribution in [0.1, 0.15) is 102 Å². The summed E-state index contributed by atoms with van der Waals surface area (Å²) in [4.78, 5) is 0. The number of rotatable bonds is 9. The summed E-state index contributed by atoms with van der Waals surface area (Å²) in [5, 5.41) is 10.4. The molecule has 1 N–H and O–H groups in total. The van der Waals surface area contributed by atoms with Gasteiger partial charge in [0.05, 0.1) is 0 Å². The first-order chi connectivity index (χ1) is 14.5. The molecule has 1 heterocycles. The molecule has 0 saturated carbocycles. The lowest BCUT2D eigenvalue weighted by atomic mass is 9.85. The fourth-order valence-electron chi connectivity index (χ4n) is 4.43. The number of aromatic hydroxyl groups is 1. The maximum absolute atomic E-state index is 10.4. The van der Waals surface area contributed by atoms with E-state index in [0.717, 1.165) is 67.4 Å². The second-order valence-electron chi connectivity index (χ2n) is 10.1. The van der Waals surface area contributed by atoms with Crippen molar-refractivity contribution in [3.05, 3.63) is 57.2 Å². The van der Waals surface area contributed by atoms with Crippen molar-refractivity contribution < 1.29 is 9.84 Å². The van der Waals surface area contributed by atoms with Gasteiger partial charge < -0.3 is 9.84 Å². The molecule has 31 heavy (non-hydrogen) atoms. The number of phenols is 1. The van der Waals surface area contributed by atoms with E-state index in [9.17, 15) is 5.11 Å². The van der Waals surface area contributed by atoms with Crippen LogP contribution in [0.25, 0.3) is 0 Å². The van der Waals surface area contributed by atoms with Crippen molar-refractivity contribution in [2.24, 2.45) is 0 Å². The molecule has 2 heteroatoms. The van der Waals surface area contributed by atoms with Crippen molar-refractivity contribution >= 4 is 0 Å². The van der Waals surface area contributed by atoms with E-state index in [4.69, 9.17) is 4.74 Å². The van der Waals surface area contributed by atoms with Crippen LogP contribution in [-0.2, 0) is 6.42 Å². The quantitative estimate of drug-likeness (QED) is 0.402. The Morgan fingerprint density at radius 3 is 2.06 bits per heavy atom. The van der Waals surface area contributed by atoms with Gasteiger partial charge in [-0.05, 0) is 123 Å². The number of fused-ring (bicyclic) bond motifs is 1. The molecule has 0 saturated heterocycles. The minimum Gasteiger partial charge on any atom is -0.507 e. The second kappa shape index (κ2) is 11.1. The number of phenolic OH excluding ortho intramolecular Hbond substituents is 1. The minimum absolute atomic E-state index is 0.133. The van der Waals surface area contributed by atoms with Gasteiger partial charge in [-0.2, -0.15) is 0 Å². The zero-order valence-electron chi connectivity index (χ0n) is 21.2. The second-order valence-corrected chi connectivity index (χ2v) is 10.1. The molecule has 0 fully saturated rings. The van der Waals surface area contributed by atoms with Crippen molar-refractivity contribution in [2.45, 2.75) is 112 Å². The van der Waals surface area contributed by atoms with Crippen LogP contribution in [0.5, 0.6) is 11.5 Å². The van der Waals surface area contributed by atoms with Gasteiger partial charge in [0.25, 0.3) is 0 Å². The first kappa shape index (κ1) is 25.3. The van der Waals surface area contributed by atoms with Crippen LogP contribution in [0, 0.1) is 20.8 Å². The summed E-state index contributed by atoms with van der Waals surface area (Å²) < 4.78 is 6.56. The lowest BCUT2D eigenvalue weighted by Crippen LogP contribution is -2.37. The molecule has 172 valence electrons. The normalized spacial score (nSPS) is 19.1. The third kappa shape index (κ3) is 7.02. The lowest BCUT2D eigenvalue weighted by Gasteiger charge is -2.38. The molecule has 1 aliphatic rings. The van der Waals surface area contributed by atoms with Gasteiger partial charge in [0.15, 0.2) is 0 Å². The molecule has 0 spiro atoms. The predicted molar refractivity (Wildman–Crippen MR) is 134 cm³/mol. The predicted octanol–water partition coefficient (Wildman–Crippen LogP) is 8.60. The number of hydrogen-bond acceptors (Lipinski definition) is 2. The van der Waals surface area contributed by atoms with Crippen LogP contribution < -0.4 is 4.74 Å². The fraction of sp³-hybridized carbons (Fsp3) is 0.586. The maximum Gasteiger partial charge on any atom is 0.127 e. The maximum atomic E-state index is 10.4. The Labute approximate surface area is 191 Å². The summed E-state index contributed by atoms with van der Waals surface area (Å²) in [6.07, 6.45) is 15.8. The highest BCUT2D eigenvalue weighted by atomic mass is 16.5. The van der Waals surface area contributed by atoms with Crippen molar-refractivity contribution in [3.8, 4) is 11.5 Å². The van der Waals surface area contributed by atoms with Gasteiger partial charge in [0.2, 0.25) is 0 Å². The number of hydrogen-bond donors (Lipinski definition) is 1. The summed E-state index contributed by atoms with van der Waals surface area (Å²) in [6, 6.07) is 0. The van der Waals surface area contributed by atoms with E-state index in [2.05, 4.69) is 59.8 Å². The lowest BCUT2D eigenvalue weighted by molar-refractivity contribution is 0.0558. The molecule has 1 aromatic rings. The molecule has 0 bridgehead atoms. The Kier molecular flexibility index (Phi) is 9.03. The summed E-state index contributed by atoms with van der Waals surface area (Å²) >= 11 is 0. The number of allylic oxidation sites excluding steroid dienone is 6. The van der Waals surface area contributed by atoms with E-state index in [1.165, 1.54) is 28.7 Å². The Morgan fingerprint density at radius 2 is 1.45 bits per heavy atom. The molecule has 0 amide bonds. The summed E-state index contributed by atoms with van der Waals surface area (Å²) in [5.74, 6) is 1.44. The SMILES string of the molecule is CC(C)=CCC/C(C)=C/CCC(C)=CCC[C@]1(C)CCc2c(C)c(O)c(C)c(C)c2O1. The topological polar surface area (TPSA) is 29.5 Å². The molecular weight excluding hydrogens is 380 g/mol. The van der Waals surface area contributed by atoms with Gasteiger partial charge in [-0.15, -0.1) is 0 Å². The van der Waals surface area contributed by atoms with E-state index in [0.29, 0.717) is 5.75 Å². The highest BCUT2D eigenvalue weighted by molar-refractivity contribution is 5.58. The van der Waals surface area contributed by atoms with Crippen LogP contribution in [0.2, 0.25) is 0 Å². The Bertz CT molecular complexity index is 865. The van der Waals surface area contributed by atoms with Crippen LogP contribution in [0.15, 0.2) is 34.9 Å². The zero-order chi connectivity index (χ0) is 23.2. The highest BCUT2D eigenvalue weighted by Gasteiger charge is 2.33. The van der Waals surface area contributed by atoms with Gasteiger partial charge >= 0.3 is 0 Å². The van der Waals surface area contributed by atoms with Crippen molar-refractivity contribution in [2.75, 3.05) is 0 Å². The van der Waals surface area contributed by atoms with E-state index in [-0.39, 0.29) is 5.60 Å². The molecule has 0 aromatic heterocycles. The molecular formula is C29H44O2. The Balaban J connectivity index is 1.88. The van der Waals surface area contributed by atoms with Crippen LogP contribution >= 0.6 is 0 Å². The molecule has 0 radical (unpaired) electrons. The van der Waals surface area contributed by atoms with E-state index >= 15 is 0 Å². The molecule has 0 unspecified atom stereocenters. The molecule has 0 aliphatic carbocycles. The van der Waals surface area contributed by atoms with Gasteiger partial charge in [-0.25, -0.2) is 0 Å². The monoisotopic (exact) mass is 424 g/mol. The van der Waals surface area contributed by atoms with Crippen molar-refractivity contribution in [1.29, 1.82) is 0 Å². The molecule has 1 aromatic carbocycles. The molecule has 1 aliphatic heterocycles. The first-order valence-corrected chi connectivity index (χ1v) is 12.0. The minimum atomic E-state index is -0.133. The van der Waals surface area contributed by atoms with Crippen LogP contribution in [-0.4, -0.2) is 10.7 Å². The number of ether oxygens (including phenoxy) is 1. The van der Waals surface area contributed by atoms with Crippen LogP contribution in [0.4, 0.5) is 0 Å². The van der Waals surface area contributed by atoms with E-state index in [1.54, 1.807) is 0 Å². The van der Waals surface area contributed by atoms with Crippen LogP contribution in [0.3, 0.4) is 0 Å². The van der Waals surface area contributed by atoms with Gasteiger partial charge in [0, 0.05) is 5.56 Å². The van der Waals surface area contributed by atoms with E-state index < -0.39 is 0 Å². The van der Waals surface area contributed by atoms with E-state index in [1.807, 2.05) is 13.8 Å². The largest absolute Gasteiger partial charge is 0.507 e. The third-order valence-electron chi connectivity index (χ3n) is 6.88. The highest BCUT2D eigenvalue weighted by Crippen LogP contribution is 2.44.